The SMILES string of the molecule is COC(=O)c1c(C)c(Br)c2c(c1O)[C@]1(O)C(=O)c3cc4c(c(O)c3C(=O)[C@]1(OC)[C@H](O)C2)C(=O)C(Br)=C(N[C@H]1O[C@@H](C)[C@H](OC)[C@@H](O)C1CO)C4=O. The molecule has 0 amide bonds. The van der Waals surface area contributed by atoms with E-state index in [0.717, 1.165) is 20.3 Å². The minimum atomic E-state index is -3.30. The molecule has 1 unspecified atom stereocenters. The van der Waals surface area contributed by atoms with Crippen LogP contribution in [0.2, 0.25) is 0 Å². The molecule has 3 aliphatic carbocycles. The summed E-state index contributed by atoms with van der Waals surface area (Å²) in [7, 11) is 3.27. The fraction of sp³-hybridized carbons (Fsp3) is 0.441. The Balaban J connectivity index is 1.56. The monoisotopic (exact) mass is 853 g/mol. The van der Waals surface area contributed by atoms with Gasteiger partial charge in [0.1, 0.15) is 35.1 Å². The molecule has 0 aromatic heterocycles. The van der Waals surface area contributed by atoms with Gasteiger partial charge in [0.05, 0.1) is 53.6 Å². The standard InChI is InChI=1S/C34H33Br2NO15/c1-9-16(32(47)50-4)26(43)19-13(20(9)35)7-15(39)34(51-5)30(46)18-12(29(45)33(19,34)48)6-11-17(25(18)42)27(44)21(36)22(23(11)40)37-31-14(8-38)24(41)28(49-3)10(2)52-31/h6,10,14-15,24,28,31,37-39,41-43,48H,7-8H2,1-5H3/t10-,14?,15+,24-,28-,31-,33-,34+/m0/s1. The number of esters is 1. The van der Waals surface area contributed by atoms with Gasteiger partial charge in [-0.25, -0.2) is 4.79 Å². The van der Waals surface area contributed by atoms with Crippen LogP contribution < -0.4 is 5.32 Å². The van der Waals surface area contributed by atoms with E-state index in [1.807, 2.05) is 0 Å². The van der Waals surface area contributed by atoms with Crippen molar-refractivity contribution in [3.8, 4) is 11.5 Å². The Morgan fingerprint density at radius 2 is 1.67 bits per heavy atom. The van der Waals surface area contributed by atoms with Crippen LogP contribution in [0.3, 0.4) is 0 Å². The summed E-state index contributed by atoms with van der Waals surface area (Å²) in [6, 6.07) is 0.815. The Hall–Kier alpha value is -3.59. The third kappa shape index (κ3) is 4.72. The molecule has 6 rings (SSSR count). The molecular weight excluding hydrogens is 822 g/mol. The highest BCUT2D eigenvalue weighted by molar-refractivity contribution is 9.12. The third-order valence-corrected chi connectivity index (χ3v) is 12.4. The highest BCUT2D eigenvalue weighted by atomic mass is 79.9. The van der Waals surface area contributed by atoms with Gasteiger partial charge in [-0.05, 0) is 47.0 Å². The average molecular weight is 855 g/mol. The van der Waals surface area contributed by atoms with Crippen LogP contribution in [0.5, 0.6) is 11.5 Å². The number of hydrogen-bond donors (Lipinski definition) is 7. The maximum Gasteiger partial charge on any atom is 0.341 e. The highest BCUT2D eigenvalue weighted by Gasteiger charge is 2.73. The molecule has 18 heteroatoms. The lowest BCUT2D eigenvalue weighted by molar-refractivity contribution is -0.214. The molecule has 52 heavy (non-hydrogen) atoms. The number of allylic oxidation sites excluding steroid dienone is 2. The van der Waals surface area contributed by atoms with E-state index >= 15 is 0 Å². The number of ketones is 4. The van der Waals surface area contributed by atoms with E-state index in [1.54, 1.807) is 6.92 Å². The number of aliphatic hydroxyl groups is 4. The van der Waals surface area contributed by atoms with Crippen molar-refractivity contribution in [2.75, 3.05) is 27.9 Å². The number of Topliss-reactive ketones (excluding diaryl/α,β-unsaturated/α-hetero) is 4. The molecule has 0 bridgehead atoms. The molecule has 0 saturated carbocycles. The Morgan fingerprint density at radius 3 is 2.25 bits per heavy atom. The first kappa shape index (κ1) is 38.1. The molecule has 2 aromatic carbocycles. The second kappa shape index (κ2) is 13.1. The van der Waals surface area contributed by atoms with Crippen LogP contribution in [0.25, 0.3) is 0 Å². The Kier molecular flexibility index (Phi) is 9.58. The first-order valence-electron chi connectivity index (χ1n) is 15.7. The van der Waals surface area contributed by atoms with Gasteiger partial charge in [-0.1, -0.05) is 15.9 Å². The quantitative estimate of drug-likeness (QED) is 0.199. The van der Waals surface area contributed by atoms with Crippen LogP contribution in [0.4, 0.5) is 0 Å². The zero-order chi connectivity index (χ0) is 38.5. The van der Waals surface area contributed by atoms with E-state index in [4.69, 9.17) is 18.9 Å². The summed E-state index contributed by atoms with van der Waals surface area (Å²) >= 11 is 6.39. The molecular formula is C34H33Br2NO15. The van der Waals surface area contributed by atoms with Crippen molar-refractivity contribution < 1.29 is 73.6 Å². The smallest absolute Gasteiger partial charge is 0.341 e. The third-order valence-electron chi connectivity index (χ3n) is 10.5. The predicted octanol–water partition coefficient (Wildman–Crippen LogP) is 0.829. The summed E-state index contributed by atoms with van der Waals surface area (Å²) in [5.74, 6) is -9.06. The molecule has 0 spiro atoms. The number of fused-ring (bicyclic) bond motifs is 5. The van der Waals surface area contributed by atoms with Gasteiger partial charge in [-0.15, -0.1) is 0 Å². The van der Waals surface area contributed by atoms with Crippen LogP contribution >= 0.6 is 31.9 Å². The summed E-state index contributed by atoms with van der Waals surface area (Å²) in [5.41, 5.74) is -10.7. The van der Waals surface area contributed by atoms with Crippen LogP contribution in [-0.2, 0) is 31.0 Å². The first-order valence-corrected chi connectivity index (χ1v) is 17.3. The normalized spacial score (nSPS) is 31.1. The summed E-state index contributed by atoms with van der Waals surface area (Å²) in [4.78, 5) is 70.1. The fourth-order valence-electron chi connectivity index (χ4n) is 7.94. The maximum absolute atomic E-state index is 14.7. The van der Waals surface area contributed by atoms with E-state index in [9.17, 15) is 54.6 Å². The van der Waals surface area contributed by atoms with E-state index in [-0.39, 0.29) is 15.6 Å². The molecule has 7 N–H and O–H groups in total. The van der Waals surface area contributed by atoms with Crippen molar-refractivity contribution in [2.45, 2.75) is 62.1 Å². The lowest BCUT2D eigenvalue weighted by Gasteiger charge is -2.53. The number of halogens is 2. The van der Waals surface area contributed by atoms with Crippen LogP contribution in [0, 0.1) is 12.8 Å². The Morgan fingerprint density at radius 1 is 1.02 bits per heavy atom. The topological polar surface area (TPSA) is 256 Å². The number of carbonyl (C=O) groups is 5. The van der Waals surface area contributed by atoms with Crippen molar-refractivity contribution in [2.24, 2.45) is 5.92 Å². The molecule has 1 fully saturated rings. The Bertz CT molecular complexity index is 2030. The van der Waals surface area contributed by atoms with Crippen LogP contribution in [-0.4, -0.2) is 124 Å². The highest BCUT2D eigenvalue weighted by Crippen LogP contribution is 2.58. The number of aromatic hydroxyl groups is 2. The number of phenolic OH excluding ortho intramolecular Hbond substituents is 2. The summed E-state index contributed by atoms with van der Waals surface area (Å²) in [5, 5.41) is 70.9. The number of hydrogen-bond acceptors (Lipinski definition) is 16. The number of aliphatic hydroxyl groups excluding tert-OH is 3. The molecule has 16 nitrogen and oxygen atoms in total. The van der Waals surface area contributed by atoms with Gasteiger partial charge in [-0.2, -0.15) is 0 Å². The molecule has 8 atom stereocenters. The molecule has 2 aromatic rings. The van der Waals surface area contributed by atoms with E-state index in [2.05, 4.69) is 37.2 Å². The summed E-state index contributed by atoms with van der Waals surface area (Å²) < 4.78 is 21.1. The van der Waals surface area contributed by atoms with Crippen molar-refractivity contribution in [3.63, 3.8) is 0 Å². The van der Waals surface area contributed by atoms with E-state index in [0.29, 0.717) is 0 Å². The molecule has 1 saturated heterocycles. The molecule has 0 radical (unpaired) electrons. The van der Waals surface area contributed by atoms with Crippen molar-refractivity contribution in [3.05, 3.63) is 65.2 Å². The van der Waals surface area contributed by atoms with Crippen molar-refractivity contribution >= 4 is 61.0 Å². The van der Waals surface area contributed by atoms with Gasteiger partial charge in [0, 0.05) is 41.8 Å². The number of phenols is 2. The average Bonchev–Trinajstić information content (AvgIpc) is 3.10. The number of carbonyl (C=O) groups excluding carboxylic acids is 5. The molecule has 1 heterocycles. The number of nitrogens with one attached hydrogen (secondary N) is 1. The minimum Gasteiger partial charge on any atom is -0.507 e. The predicted molar refractivity (Wildman–Crippen MR) is 181 cm³/mol. The summed E-state index contributed by atoms with van der Waals surface area (Å²) in [6.07, 6.45) is -6.65. The van der Waals surface area contributed by atoms with E-state index < -0.39 is 145 Å². The van der Waals surface area contributed by atoms with Gasteiger partial charge >= 0.3 is 5.97 Å². The van der Waals surface area contributed by atoms with Crippen molar-refractivity contribution in [1.29, 1.82) is 0 Å². The lowest BCUT2D eigenvalue weighted by atomic mass is 9.56. The Labute approximate surface area is 311 Å². The second-order valence-corrected chi connectivity index (χ2v) is 14.5. The summed E-state index contributed by atoms with van der Waals surface area (Å²) in [6.45, 7) is 2.38. The van der Waals surface area contributed by atoms with E-state index in [1.165, 1.54) is 14.0 Å². The van der Waals surface area contributed by atoms with Gasteiger partial charge in [0.2, 0.25) is 23.1 Å². The number of benzene rings is 2. The second-order valence-electron chi connectivity index (χ2n) is 12.9. The fourth-order valence-corrected chi connectivity index (χ4v) is 9.00. The number of rotatable bonds is 6. The zero-order valence-electron chi connectivity index (χ0n) is 28.1. The molecule has 4 aliphatic rings. The van der Waals surface area contributed by atoms with Gasteiger partial charge < -0.3 is 54.9 Å². The minimum absolute atomic E-state index is 0.0558. The maximum atomic E-state index is 14.7. The zero-order valence-corrected chi connectivity index (χ0v) is 31.2. The largest absolute Gasteiger partial charge is 0.507 e. The number of ether oxygens (including phenoxy) is 4. The van der Waals surface area contributed by atoms with Gasteiger partial charge in [-0.3, -0.25) is 19.2 Å². The van der Waals surface area contributed by atoms with Crippen LogP contribution in [0.1, 0.15) is 75.4 Å². The van der Waals surface area contributed by atoms with Gasteiger partial charge in [0.15, 0.2) is 11.2 Å². The first-order chi connectivity index (χ1) is 24.4. The van der Waals surface area contributed by atoms with Crippen LogP contribution in [0.15, 0.2) is 20.7 Å². The van der Waals surface area contributed by atoms with Gasteiger partial charge in [0.25, 0.3) is 0 Å². The number of methoxy groups -OCH3 is 3. The van der Waals surface area contributed by atoms with Crippen molar-refractivity contribution in [1.82, 2.24) is 5.32 Å². The lowest BCUT2D eigenvalue weighted by Crippen LogP contribution is -2.73. The molecule has 1 aliphatic heterocycles. The molecule has 278 valence electrons.